The summed E-state index contributed by atoms with van der Waals surface area (Å²) in [6.07, 6.45) is 3.67. The van der Waals surface area contributed by atoms with Crippen molar-refractivity contribution in [3.63, 3.8) is 0 Å². The predicted molar refractivity (Wildman–Crippen MR) is 133 cm³/mol. The van der Waals surface area contributed by atoms with E-state index in [2.05, 4.69) is 36.4 Å². The highest BCUT2D eigenvalue weighted by Crippen LogP contribution is 2.23. The number of amides is 2. The van der Waals surface area contributed by atoms with Gasteiger partial charge in [0.15, 0.2) is 0 Å². The first-order valence-electron chi connectivity index (χ1n) is 11.2. The van der Waals surface area contributed by atoms with E-state index in [4.69, 9.17) is 16.3 Å². The zero-order valence-corrected chi connectivity index (χ0v) is 20.9. The molecule has 1 aromatic heterocycles. The third-order valence-corrected chi connectivity index (χ3v) is 5.00. The first-order valence-corrected chi connectivity index (χ1v) is 11.6. The van der Waals surface area contributed by atoms with E-state index in [0.717, 1.165) is 5.69 Å². The minimum absolute atomic E-state index is 0.00816. The van der Waals surface area contributed by atoms with Crippen molar-refractivity contribution in [2.45, 2.75) is 47.1 Å². The Morgan fingerprint density at radius 3 is 2.48 bits per heavy atom. The highest BCUT2D eigenvalue weighted by molar-refractivity contribution is 6.31. The van der Waals surface area contributed by atoms with Crippen molar-refractivity contribution in [2.75, 3.05) is 31.6 Å². The number of rotatable bonds is 11. The first kappa shape index (κ1) is 26.5. The van der Waals surface area contributed by atoms with E-state index in [9.17, 15) is 9.59 Å². The van der Waals surface area contributed by atoms with E-state index in [1.807, 2.05) is 26.0 Å². The molecule has 1 heterocycles. The lowest BCUT2D eigenvalue weighted by Gasteiger charge is -2.27. The molecule has 0 saturated heterocycles. The van der Waals surface area contributed by atoms with Crippen LogP contribution in [0.1, 0.15) is 51.4 Å². The van der Waals surface area contributed by atoms with Crippen LogP contribution in [0.25, 0.3) is 0 Å². The number of carbonyl (C=O) groups excluding carboxylic acids is 2. The number of benzene rings is 1. The first-order chi connectivity index (χ1) is 15.5. The van der Waals surface area contributed by atoms with Gasteiger partial charge >= 0.3 is 0 Å². The molecule has 0 unspecified atom stereocenters. The van der Waals surface area contributed by atoms with Gasteiger partial charge in [0.1, 0.15) is 12.4 Å². The quantitative estimate of drug-likeness (QED) is 0.464. The van der Waals surface area contributed by atoms with Crippen LogP contribution in [0.3, 0.4) is 0 Å². The van der Waals surface area contributed by atoms with Gasteiger partial charge in [0.05, 0.1) is 0 Å². The SMILES string of the molecule is CC(C)N(CCC(=O)NCC(C)(C)C)C(=O)c1cc(Cl)cc(OCCNc2ccncc2)c1. The number of aromatic nitrogens is 1. The second-order valence-electron chi connectivity index (χ2n) is 9.37. The van der Waals surface area contributed by atoms with Crippen LogP contribution in [0.15, 0.2) is 42.7 Å². The lowest BCUT2D eigenvalue weighted by Crippen LogP contribution is -2.40. The summed E-state index contributed by atoms with van der Waals surface area (Å²) in [5.41, 5.74) is 1.40. The van der Waals surface area contributed by atoms with Crippen molar-refractivity contribution in [3.8, 4) is 5.75 Å². The van der Waals surface area contributed by atoms with Gasteiger partial charge in [-0.2, -0.15) is 0 Å². The van der Waals surface area contributed by atoms with Crippen molar-refractivity contribution >= 4 is 29.1 Å². The van der Waals surface area contributed by atoms with Crippen LogP contribution >= 0.6 is 11.6 Å². The van der Waals surface area contributed by atoms with Crippen LogP contribution in [0.2, 0.25) is 5.02 Å². The van der Waals surface area contributed by atoms with Gasteiger partial charge in [0.25, 0.3) is 5.91 Å². The molecule has 0 aliphatic carbocycles. The molecule has 0 atom stereocenters. The molecule has 33 heavy (non-hydrogen) atoms. The van der Waals surface area contributed by atoms with Crippen molar-refractivity contribution in [1.82, 2.24) is 15.2 Å². The summed E-state index contributed by atoms with van der Waals surface area (Å²) in [5.74, 6) is 0.269. The van der Waals surface area contributed by atoms with E-state index < -0.39 is 0 Å². The fourth-order valence-corrected chi connectivity index (χ4v) is 3.26. The molecule has 0 spiro atoms. The Labute approximate surface area is 201 Å². The third kappa shape index (κ3) is 9.70. The van der Waals surface area contributed by atoms with E-state index in [0.29, 0.717) is 42.6 Å². The molecule has 0 fully saturated rings. The second kappa shape index (κ2) is 12.4. The second-order valence-corrected chi connectivity index (χ2v) is 9.80. The van der Waals surface area contributed by atoms with Gasteiger partial charge in [0.2, 0.25) is 5.91 Å². The molecule has 2 rings (SSSR count). The van der Waals surface area contributed by atoms with Crippen LogP contribution in [0.4, 0.5) is 5.69 Å². The molecular weight excluding hydrogens is 440 g/mol. The maximum Gasteiger partial charge on any atom is 0.254 e. The van der Waals surface area contributed by atoms with Crippen molar-refractivity contribution in [2.24, 2.45) is 5.41 Å². The van der Waals surface area contributed by atoms with Crippen molar-refractivity contribution < 1.29 is 14.3 Å². The fourth-order valence-electron chi connectivity index (χ4n) is 3.04. The van der Waals surface area contributed by atoms with Crippen LogP contribution in [0.5, 0.6) is 5.75 Å². The predicted octanol–water partition coefficient (Wildman–Crippen LogP) is 4.63. The highest BCUT2D eigenvalue weighted by atomic mass is 35.5. The molecule has 2 amide bonds. The number of pyridine rings is 1. The Morgan fingerprint density at radius 2 is 1.85 bits per heavy atom. The normalized spacial score (nSPS) is 11.2. The lowest BCUT2D eigenvalue weighted by atomic mass is 9.97. The maximum atomic E-state index is 13.2. The molecule has 0 radical (unpaired) electrons. The summed E-state index contributed by atoms with van der Waals surface area (Å²) in [6, 6.07) is 8.68. The number of halogens is 1. The maximum absolute atomic E-state index is 13.2. The van der Waals surface area contributed by atoms with Crippen molar-refractivity contribution in [3.05, 3.63) is 53.3 Å². The number of hydrogen-bond donors (Lipinski definition) is 2. The smallest absolute Gasteiger partial charge is 0.254 e. The number of carbonyl (C=O) groups is 2. The van der Waals surface area contributed by atoms with Gasteiger partial charge in [0, 0.05) is 60.8 Å². The van der Waals surface area contributed by atoms with Gasteiger partial charge in [-0.25, -0.2) is 0 Å². The Morgan fingerprint density at radius 1 is 1.15 bits per heavy atom. The monoisotopic (exact) mass is 474 g/mol. The van der Waals surface area contributed by atoms with Crippen LogP contribution in [-0.2, 0) is 4.79 Å². The van der Waals surface area contributed by atoms with Crippen LogP contribution in [-0.4, -0.2) is 54.0 Å². The highest BCUT2D eigenvalue weighted by Gasteiger charge is 2.21. The molecule has 2 aromatic rings. The molecular formula is C25H35ClN4O3. The zero-order chi connectivity index (χ0) is 24.4. The Kier molecular flexibility index (Phi) is 9.97. The third-order valence-electron chi connectivity index (χ3n) is 4.78. The standard InChI is InChI=1S/C25H35ClN4O3/c1-18(2)30(12-8-23(31)29-17-25(3,4)5)24(32)19-14-20(26)16-22(15-19)33-13-11-28-21-6-9-27-10-7-21/h6-7,9-10,14-16,18H,8,11-13,17H2,1-5H3,(H,27,28)(H,29,31). The van der Waals surface area contributed by atoms with Crippen LogP contribution in [0, 0.1) is 5.41 Å². The summed E-state index contributed by atoms with van der Waals surface area (Å²) in [6.45, 7) is 11.9. The summed E-state index contributed by atoms with van der Waals surface area (Å²) >= 11 is 6.26. The van der Waals surface area contributed by atoms with Crippen LogP contribution < -0.4 is 15.4 Å². The average molecular weight is 475 g/mol. The van der Waals surface area contributed by atoms with E-state index >= 15 is 0 Å². The van der Waals surface area contributed by atoms with Gasteiger partial charge in [-0.05, 0) is 49.6 Å². The molecule has 1 aromatic carbocycles. The van der Waals surface area contributed by atoms with E-state index in [1.165, 1.54) is 0 Å². The van der Waals surface area contributed by atoms with Crippen molar-refractivity contribution in [1.29, 1.82) is 0 Å². The molecule has 180 valence electrons. The topological polar surface area (TPSA) is 83.6 Å². The molecule has 0 aliphatic rings. The number of ether oxygens (including phenoxy) is 1. The number of nitrogens with one attached hydrogen (secondary N) is 2. The summed E-state index contributed by atoms with van der Waals surface area (Å²) in [4.78, 5) is 31.1. The Hall–Kier alpha value is -2.80. The molecule has 7 nitrogen and oxygen atoms in total. The van der Waals surface area contributed by atoms with E-state index in [-0.39, 0.29) is 29.7 Å². The Balaban J connectivity index is 1.96. The minimum Gasteiger partial charge on any atom is -0.492 e. The minimum atomic E-state index is -0.184. The average Bonchev–Trinajstić information content (AvgIpc) is 2.75. The largest absolute Gasteiger partial charge is 0.492 e. The molecule has 2 N–H and O–H groups in total. The van der Waals surface area contributed by atoms with E-state index in [1.54, 1.807) is 35.5 Å². The molecule has 8 heteroatoms. The lowest BCUT2D eigenvalue weighted by molar-refractivity contribution is -0.121. The summed E-state index contributed by atoms with van der Waals surface area (Å²) in [5, 5.41) is 6.58. The molecule has 0 aliphatic heterocycles. The number of nitrogens with zero attached hydrogens (tertiary/aromatic N) is 2. The summed E-state index contributed by atoms with van der Waals surface area (Å²) < 4.78 is 5.80. The fraction of sp³-hybridized carbons (Fsp3) is 0.480. The zero-order valence-electron chi connectivity index (χ0n) is 20.2. The van der Waals surface area contributed by atoms with Gasteiger partial charge < -0.3 is 20.3 Å². The molecule has 0 bridgehead atoms. The van der Waals surface area contributed by atoms with Gasteiger partial charge in [-0.1, -0.05) is 32.4 Å². The molecule has 0 saturated carbocycles. The number of anilines is 1. The van der Waals surface area contributed by atoms with Gasteiger partial charge in [-0.15, -0.1) is 0 Å². The number of hydrogen-bond acceptors (Lipinski definition) is 5. The van der Waals surface area contributed by atoms with Gasteiger partial charge in [-0.3, -0.25) is 14.6 Å². The Bertz CT molecular complexity index is 914. The summed E-state index contributed by atoms with van der Waals surface area (Å²) in [7, 11) is 0.